The Balaban J connectivity index is 1.66. The topological polar surface area (TPSA) is 56.8 Å². The summed E-state index contributed by atoms with van der Waals surface area (Å²) in [5, 5.41) is 5.03. The summed E-state index contributed by atoms with van der Waals surface area (Å²) < 4.78 is 16.7. The van der Waals surface area contributed by atoms with Crippen LogP contribution in [-0.2, 0) is 4.79 Å². The van der Waals surface area contributed by atoms with E-state index in [1.165, 1.54) is 0 Å². The van der Waals surface area contributed by atoms with Gasteiger partial charge in [-0.05, 0) is 48.9 Å². The second-order valence-corrected chi connectivity index (χ2v) is 5.87. The van der Waals surface area contributed by atoms with Crippen molar-refractivity contribution in [2.24, 2.45) is 0 Å². The van der Waals surface area contributed by atoms with Gasteiger partial charge in [-0.2, -0.15) is 0 Å². The molecule has 5 heteroatoms. The van der Waals surface area contributed by atoms with Gasteiger partial charge >= 0.3 is 0 Å². The summed E-state index contributed by atoms with van der Waals surface area (Å²) in [6.07, 6.45) is 0. The maximum absolute atomic E-state index is 12.3. The van der Waals surface area contributed by atoms with Gasteiger partial charge in [0.1, 0.15) is 17.2 Å². The van der Waals surface area contributed by atoms with Crippen LogP contribution in [0, 0.1) is 0 Å². The minimum atomic E-state index is -0.266. The number of hydrogen-bond donors (Lipinski definition) is 1. The number of amides is 1. The van der Waals surface area contributed by atoms with Crippen molar-refractivity contribution in [3.05, 3.63) is 60.7 Å². The molecule has 0 saturated heterocycles. The fourth-order valence-corrected chi connectivity index (χ4v) is 2.74. The molecule has 1 N–H and O–H groups in total. The summed E-state index contributed by atoms with van der Waals surface area (Å²) in [6, 6.07) is 19.1. The van der Waals surface area contributed by atoms with Gasteiger partial charge in [-0.25, -0.2) is 0 Å². The van der Waals surface area contributed by atoms with E-state index in [2.05, 4.69) is 5.32 Å². The molecule has 1 amide bonds. The summed E-state index contributed by atoms with van der Waals surface area (Å²) in [5.41, 5.74) is 0.565. The van der Waals surface area contributed by atoms with E-state index in [4.69, 9.17) is 14.2 Å². The molecule has 27 heavy (non-hydrogen) atoms. The van der Waals surface area contributed by atoms with Gasteiger partial charge in [0.2, 0.25) is 0 Å². The number of carbonyl (C=O) groups excluding carboxylic acids is 1. The van der Waals surface area contributed by atoms with Gasteiger partial charge in [-0.15, -0.1) is 0 Å². The lowest BCUT2D eigenvalue weighted by molar-refractivity contribution is -0.118. The van der Waals surface area contributed by atoms with Gasteiger partial charge in [-0.3, -0.25) is 4.79 Å². The lowest BCUT2D eigenvalue weighted by Gasteiger charge is -2.14. The lowest BCUT2D eigenvalue weighted by Crippen LogP contribution is -2.20. The maximum Gasteiger partial charge on any atom is 0.262 e. The fraction of sp³-hybridized carbons (Fsp3) is 0.227. The third-order valence-corrected chi connectivity index (χ3v) is 3.93. The van der Waals surface area contributed by atoms with Gasteiger partial charge in [0.15, 0.2) is 6.61 Å². The number of carbonyl (C=O) groups is 1. The summed E-state index contributed by atoms with van der Waals surface area (Å²) in [4.78, 5) is 12.3. The van der Waals surface area contributed by atoms with E-state index in [0.29, 0.717) is 36.1 Å². The monoisotopic (exact) mass is 365 g/mol. The highest BCUT2D eigenvalue weighted by Crippen LogP contribution is 2.29. The Morgan fingerprint density at radius 2 is 1.52 bits per heavy atom. The molecule has 3 aromatic carbocycles. The first kappa shape index (κ1) is 18.6. The molecule has 0 radical (unpaired) electrons. The van der Waals surface area contributed by atoms with Gasteiger partial charge in [0, 0.05) is 6.07 Å². The van der Waals surface area contributed by atoms with Crippen LogP contribution in [0.4, 0.5) is 5.69 Å². The molecule has 140 valence electrons. The molecule has 0 aromatic heterocycles. The summed E-state index contributed by atoms with van der Waals surface area (Å²) in [5.74, 6) is 1.65. The third-order valence-electron chi connectivity index (χ3n) is 3.93. The normalized spacial score (nSPS) is 10.4. The Hall–Kier alpha value is -3.21. The predicted octanol–water partition coefficient (Wildman–Crippen LogP) is 4.65. The first-order chi connectivity index (χ1) is 13.2. The Bertz CT molecular complexity index is 923. The zero-order valence-corrected chi connectivity index (χ0v) is 15.5. The van der Waals surface area contributed by atoms with Gasteiger partial charge in [0.05, 0.1) is 18.9 Å². The largest absolute Gasteiger partial charge is 0.494 e. The minimum Gasteiger partial charge on any atom is -0.494 e. The van der Waals surface area contributed by atoms with Gasteiger partial charge < -0.3 is 19.5 Å². The molecule has 0 heterocycles. The zero-order chi connectivity index (χ0) is 19.1. The molecule has 3 aromatic rings. The Labute approximate surface area is 158 Å². The highest BCUT2D eigenvalue weighted by molar-refractivity contribution is 5.93. The second kappa shape index (κ2) is 8.94. The molecule has 0 fully saturated rings. The highest BCUT2D eigenvalue weighted by Gasteiger charge is 2.11. The molecule has 0 unspecified atom stereocenters. The Morgan fingerprint density at radius 1 is 0.815 bits per heavy atom. The van der Waals surface area contributed by atoms with E-state index in [-0.39, 0.29) is 12.5 Å². The van der Waals surface area contributed by atoms with Crippen molar-refractivity contribution in [1.82, 2.24) is 0 Å². The fourth-order valence-electron chi connectivity index (χ4n) is 2.74. The van der Waals surface area contributed by atoms with Crippen LogP contribution in [-0.4, -0.2) is 25.7 Å². The van der Waals surface area contributed by atoms with E-state index in [0.717, 1.165) is 10.8 Å². The molecule has 0 atom stereocenters. The Kier molecular flexibility index (Phi) is 6.15. The number of nitrogens with one attached hydrogen (secondary N) is 1. The standard InChI is InChI=1S/C22H23NO4/c1-3-25-19-11-12-21(26-4-2)20(14-19)23-22(24)15-27-18-10-9-16-7-5-6-8-17(16)13-18/h5-14H,3-4,15H2,1-2H3,(H,23,24). The van der Waals surface area contributed by atoms with E-state index in [9.17, 15) is 4.79 Å². The number of rotatable bonds is 8. The number of hydrogen-bond acceptors (Lipinski definition) is 4. The second-order valence-electron chi connectivity index (χ2n) is 5.87. The van der Waals surface area contributed by atoms with Crippen molar-refractivity contribution in [3.8, 4) is 17.2 Å². The van der Waals surface area contributed by atoms with Crippen LogP contribution in [0.5, 0.6) is 17.2 Å². The first-order valence-electron chi connectivity index (χ1n) is 9.00. The number of ether oxygens (including phenoxy) is 3. The Morgan fingerprint density at radius 3 is 2.30 bits per heavy atom. The van der Waals surface area contributed by atoms with Crippen LogP contribution < -0.4 is 19.5 Å². The number of benzene rings is 3. The number of fused-ring (bicyclic) bond motifs is 1. The van der Waals surface area contributed by atoms with Crippen LogP contribution in [0.3, 0.4) is 0 Å². The molecule has 0 spiro atoms. The summed E-state index contributed by atoms with van der Waals surface area (Å²) >= 11 is 0. The molecule has 0 bridgehead atoms. The molecule has 0 aliphatic heterocycles. The van der Waals surface area contributed by atoms with Crippen molar-refractivity contribution >= 4 is 22.4 Å². The van der Waals surface area contributed by atoms with Crippen LogP contribution in [0.2, 0.25) is 0 Å². The molecule has 0 aliphatic rings. The van der Waals surface area contributed by atoms with Crippen LogP contribution in [0.15, 0.2) is 60.7 Å². The van der Waals surface area contributed by atoms with Crippen molar-refractivity contribution in [3.63, 3.8) is 0 Å². The average Bonchev–Trinajstić information content (AvgIpc) is 2.68. The highest BCUT2D eigenvalue weighted by atomic mass is 16.5. The molecular weight excluding hydrogens is 342 g/mol. The quantitative estimate of drug-likeness (QED) is 0.631. The lowest BCUT2D eigenvalue weighted by atomic mass is 10.1. The van der Waals surface area contributed by atoms with Gasteiger partial charge in [0.25, 0.3) is 5.91 Å². The van der Waals surface area contributed by atoms with E-state index < -0.39 is 0 Å². The van der Waals surface area contributed by atoms with E-state index in [1.807, 2.05) is 62.4 Å². The van der Waals surface area contributed by atoms with E-state index in [1.54, 1.807) is 12.1 Å². The van der Waals surface area contributed by atoms with Crippen molar-refractivity contribution < 1.29 is 19.0 Å². The molecule has 0 aliphatic carbocycles. The minimum absolute atomic E-state index is 0.0945. The van der Waals surface area contributed by atoms with Crippen LogP contribution in [0.25, 0.3) is 10.8 Å². The summed E-state index contributed by atoms with van der Waals surface area (Å²) in [7, 11) is 0. The van der Waals surface area contributed by atoms with Crippen molar-refractivity contribution in [2.45, 2.75) is 13.8 Å². The predicted molar refractivity (Wildman–Crippen MR) is 107 cm³/mol. The molecule has 5 nitrogen and oxygen atoms in total. The van der Waals surface area contributed by atoms with Crippen LogP contribution >= 0.6 is 0 Å². The van der Waals surface area contributed by atoms with Gasteiger partial charge in [-0.1, -0.05) is 30.3 Å². The molecular formula is C22H23NO4. The SMILES string of the molecule is CCOc1ccc(OCC)c(NC(=O)COc2ccc3ccccc3c2)c1. The van der Waals surface area contributed by atoms with E-state index >= 15 is 0 Å². The zero-order valence-electron chi connectivity index (χ0n) is 15.5. The molecule has 3 rings (SSSR count). The number of anilines is 1. The smallest absolute Gasteiger partial charge is 0.262 e. The summed E-state index contributed by atoms with van der Waals surface area (Å²) in [6.45, 7) is 4.76. The van der Waals surface area contributed by atoms with Crippen molar-refractivity contribution in [2.75, 3.05) is 25.1 Å². The van der Waals surface area contributed by atoms with Crippen LogP contribution in [0.1, 0.15) is 13.8 Å². The third kappa shape index (κ3) is 4.91. The average molecular weight is 365 g/mol. The molecule has 0 saturated carbocycles. The maximum atomic E-state index is 12.3. The first-order valence-corrected chi connectivity index (χ1v) is 9.00. The van der Waals surface area contributed by atoms with Crippen molar-refractivity contribution in [1.29, 1.82) is 0 Å².